The Morgan fingerprint density at radius 3 is 2.80 bits per heavy atom. The molecule has 2 aliphatic rings. The highest BCUT2D eigenvalue weighted by molar-refractivity contribution is 9.10. The molecule has 1 aromatic rings. The topological polar surface area (TPSA) is 82.3 Å². The minimum atomic E-state index is -1.66. The maximum atomic E-state index is 13.7. The second-order valence-electron chi connectivity index (χ2n) is 4.86. The highest BCUT2D eigenvalue weighted by atomic mass is 79.9. The summed E-state index contributed by atoms with van der Waals surface area (Å²) in [6, 6.07) is 1.67. The van der Waals surface area contributed by atoms with Gasteiger partial charge in [0.1, 0.15) is 10.3 Å². The molecule has 108 valence electrons. The van der Waals surface area contributed by atoms with E-state index in [2.05, 4.69) is 26.6 Å². The van der Waals surface area contributed by atoms with Crippen molar-refractivity contribution in [2.45, 2.75) is 31.4 Å². The minimum absolute atomic E-state index is 0.202. The van der Waals surface area contributed by atoms with E-state index in [1.54, 1.807) is 6.07 Å². The van der Waals surface area contributed by atoms with Crippen LogP contribution in [0.25, 0.3) is 0 Å². The first-order chi connectivity index (χ1) is 9.42. The standard InChI is InChI=1S/C12H11BrFNO2.CH3NO/c1-6-5-17-9-7(6)4-8(15-11(9)13)10(16)12(14)2-3-12;2-1-3/h4,6H,2-3,5H2,1H3;1H,(H2,2,3). The molecule has 1 fully saturated rings. The van der Waals surface area contributed by atoms with Gasteiger partial charge in [-0.3, -0.25) is 9.59 Å². The highest BCUT2D eigenvalue weighted by Gasteiger charge is 2.51. The fraction of sp³-hybridized carbons (Fsp3) is 0.462. The van der Waals surface area contributed by atoms with Crippen LogP contribution in [0.2, 0.25) is 0 Å². The molecule has 1 amide bonds. The summed E-state index contributed by atoms with van der Waals surface area (Å²) in [7, 11) is 0. The second-order valence-corrected chi connectivity index (χ2v) is 5.61. The molecule has 0 saturated heterocycles. The average Bonchev–Trinajstić information content (AvgIpc) is 3.04. The number of amides is 1. The number of hydrogen-bond acceptors (Lipinski definition) is 4. The summed E-state index contributed by atoms with van der Waals surface area (Å²) in [5.41, 5.74) is 3.64. The van der Waals surface area contributed by atoms with E-state index in [1.165, 1.54) is 0 Å². The Bertz CT molecular complexity index is 561. The molecule has 1 aromatic heterocycles. The highest BCUT2D eigenvalue weighted by Crippen LogP contribution is 2.44. The molecular formula is C13H14BrFN2O3. The Morgan fingerprint density at radius 1 is 1.65 bits per heavy atom. The summed E-state index contributed by atoms with van der Waals surface area (Å²) in [6.07, 6.45) is 0.878. The Kier molecular flexibility index (Phi) is 4.08. The first-order valence-corrected chi connectivity index (χ1v) is 6.94. The Hall–Kier alpha value is -1.50. The molecule has 1 aliphatic heterocycles. The van der Waals surface area contributed by atoms with E-state index in [1.807, 2.05) is 6.92 Å². The number of aromatic nitrogens is 1. The van der Waals surface area contributed by atoms with Gasteiger partial charge in [0.25, 0.3) is 0 Å². The van der Waals surface area contributed by atoms with Gasteiger partial charge in [0, 0.05) is 11.5 Å². The van der Waals surface area contributed by atoms with Crippen LogP contribution in [-0.4, -0.2) is 29.5 Å². The van der Waals surface area contributed by atoms with Gasteiger partial charge in [-0.05, 0) is 34.8 Å². The van der Waals surface area contributed by atoms with Crippen molar-refractivity contribution >= 4 is 28.1 Å². The largest absolute Gasteiger partial charge is 0.490 e. The molecule has 0 bridgehead atoms. The number of pyridine rings is 1. The molecule has 0 aromatic carbocycles. The number of ketones is 1. The second kappa shape index (κ2) is 5.47. The number of hydrogen-bond donors (Lipinski definition) is 1. The van der Waals surface area contributed by atoms with Crippen LogP contribution >= 0.6 is 15.9 Å². The van der Waals surface area contributed by atoms with Crippen molar-refractivity contribution in [2.24, 2.45) is 5.73 Å². The summed E-state index contributed by atoms with van der Waals surface area (Å²) < 4.78 is 19.7. The normalized spacial score (nSPS) is 21.1. The van der Waals surface area contributed by atoms with Gasteiger partial charge < -0.3 is 10.5 Å². The third-order valence-corrected chi connectivity index (χ3v) is 3.83. The molecule has 5 nitrogen and oxygen atoms in total. The number of carbonyl (C=O) groups is 2. The maximum Gasteiger partial charge on any atom is 0.218 e. The number of rotatable bonds is 2. The van der Waals surface area contributed by atoms with Crippen LogP contribution in [0.5, 0.6) is 5.75 Å². The number of primary amides is 1. The van der Waals surface area contributed by atoms with E-state index in [0.29, 0.717) is 29.8 Å². The van der Waals surface area contributed by atoms with E-state index >= 15 is 0 Å². The van der Waals surface area contributed by atoms with E-state index < -0.39 is 11.5 Å². The van der Waals surface area contributed by atoms with Crippen LogP contribution < -0.4 is 10.5 Å². The smallest absolute Gasteiger partial charge is 0.218 e. The fourth-order valence-corrected chi connectivity index (χ4v) is 2.54. The van der Waals surface area contributed by atoms with Gasteiger partial charge in [-0.25, -0.2) is 9.37 Å². The van der Waals surface area contributed by atoms with Crippen LogP contribution in [0.4, 0.5) is 4.39 Å². The zero-order valence-corrected chi connectivity index (χ0v) is 12.4. The summed E-state index contributed by atoms with van der Waals surface area (Å²) in [6.45, 7) is 2.59. The summed E-state index contributed by atoms with van der Waals surface area (Å²) >= 11 is 3.27. The summed E-state index contributed by atoms with van der Waals surface area (Å²) in [4.78, 5) is 24.6. The van der Waals surface area contributed by atoms with Crippen molar-refractivity contribution in [1.82, 2.24) is 4.98 Å². The summed E-state index contributed by atoms with van der Waals surface area (Å²) in [5.74, 6) is 0.392. The number of alkyl halides is 1. The molecule has 1 atom stereocenters. The number of ether oxygens (including phenoxy) is 1. The SMILES string of the molecule is CC1COc2c1cc(C(=O)C1(F)CC1)nc2Br.NC=O. The molecule has 20 heavy (non-hydrogen) atoms. The van der Waals surface area contributed by atoms with Gasteiger partial charge >= 0.3 is 0 Å². The van der Waals surface area contributed by atoms with E-state index in [-0.39, 0.29) is 18.0 Å². The molecule has 2 heterocycles. The zero-order chi connectivity index (χ0) is 14.9. The van der Waals surface area contributed by atoms with E-state index in [4.69, 9.17) is 9.53 Å². The molecule has 0 spiro atoms. The Morgan fingerprint density at radius 2 is 2.25 bits per heavy atom. The molecule has 1 aliphatic carbocycles. The zero-order valence-electron chi connectivity index (χ0n) is 10.9. The number of Topliss-reactive ketones (excluding diaryl/α,β-unsaturated/α-hetero) is 1. The number of halogens is 2. The number of nitrogens with zero attached hydrogens (tertiary/aromatic N) is 1. The van der Waals surface area contributed by atoms with Crippen molar-refractivity contribution in [2.75, 3.05) is 6.61 Å². The van der Waals surface area contributed by atoms with Crippen LogP contribution in [-0.2, 0) is 4.79 Å². The van der Waals surface area contributed by atoms with Crippen molar-refractivity contribution in [3.8, 4) is 5.75 Å². The lowest BCUT2D eigenvalue weighted by molar-refractivity contribution is -0.106. The third-order valence-electron chi connectivity index (χ3n) is 3.30. The lowest BCUT2D eigenvalue weighted by Gasteiger charge is -2.08. The number of fused-ring (bicyclic) bond motifs is 1. The molecule has 1 unspecified atom stereocenters. The lowest BCUT2D eigenvalue weighted by atomic mass is 10.0. The monoisotopic (exact) mass is 344 g/mol. The predicted octanol–water partition coefficient (Wildman–Crippen LogP) is 2.13. The van der Waals surface area contributed by atoms with Crippen molar-refractivity contribution in [3.63, 3.8) is 0 Å². The molecular weight excluding hydrogens is 331 g/mol. The van der Waals surface area contributed by atoms with Crippen molar-refractivity contribution in [3.05, 3.63) is 21.9 Å². The van der Waals surface area contributed by atoms with Gasteiger partial charge in [-0.1, -0.05) is 6.92 Å². The molecule has 3 rings (SSSR count). The third kappa shape index (κ3) is 2.67. The molecule has 2 N–H and O–H groups in total. The van der Waals surface area contributed by atoms with Gasteiger partial charge in [-0.15, -0.1) is 0 Å². The maximum absolute atomic E-state index is 13.7. The molecule has 0 radical (unpaired) electrons. The summed E-state index contributed by atoms with van der Waals surface area (Å²) in [5, 5.41) is 0. The quantitative estimate of drug-likeness (QED) is 0.506. The van der Waals surface area contributed by atoms with Gasteiger partial charge in [-0.2, -0.15) is 0 Å². The van der Waals surface area contributed by atoms with Crippen LogP contribution in [0, 0.1) is 0 Å². The lowest BCUT2D eigenvalue weighted by Crippen LogP contribution is -2.18. The number of nitrogens with two attached hydrogens (primary N) is 1. The first-order valence-electron chi connectivity index (χ1n) is 6.15. The Labute approximate surface area is 123 Å². The van der Waals surface area contributed by atoms with Gasteiger partial charge in [0.05, 0.1) is 6.61 Å². The van der Waals surface area contributed by atoms with Crippen LogP contribution in [0.3, 0.4) is 0 Å². The van der Waals surface area contributed by atoms with Crippen molar-refractivity contribution in [1.29, 1.82) is 0 Å². The van der Waals surface area contributed by atoms with Crippen LogP contribution in [0.1, 0.15) is 41.7 Å². The van der Waals surface area contributed by atoms with Crippen LogP contribution in [0.15, 0.2) is 10.7 Å². The Balaban J connectivity index is 0.000000452. The molecule has 1 saturated carbocycles. The number of carbonyl (C=O) groups excluding carboxylic acids is 2. The van der Waals surface area contributed by atoms with E-state index in [9.17, 15) is 9.18 Å². The van der Waals surface area contributed by atoms with Gasteiger partial charge in [0.2, 0.25) is 12.2 Å². The van der Waals surface area contributed by atoms with Gasteiger partial charge in [0.15, 0.2) is 11.4 Å². The minimum Gasteiger partial charge on any atom is -0.490 e. The predicted molar refractivity (Wildman–Crippen MR) is 73.5 cm³/mol. The fourth-order valence-electron chi connectivity index (χ4n) is 2.01. The van der Waals surface area contributed by atoms with E-state index in [0.717, 1.165) is 5.56 Å². The molecule has 7 heteroatoms. The first kappa shape index (κ1) is 14.9. The average molecular weight is 345 g/mol. The van der Waals surface area contributed by atoms with Crippen molar-refractivity contribution < 1.29 is 18.7 Å².